The fourth-order valence-corrected chi connectivity index (χ4v) is 13.5. The van der Waals surface area contributed by atoms with E-state index in [0.717, 1.165) is 64.2 Å². The summed E-state index contributed by atoms with van der Waals surface area (Å²) in [6, 6.07) is -1.31. The number of allylic oxidation sites excluding steroid dienone is 1. The van der Waals surface area contributed by atoms with E-state index in [1.54, 1.807) is 0 Å². The first-order chi connectivity index (χ1) is 23.4. The van der Waals surface area contributed by atoms with Crippen molar-refractivity contribution in [3.05, 3.63) is 12.2 Å². The van der Waals surface area contributed by atoms with Crippen LogP contribution in [-0.2, 0) is 19.1 Å². The second-order valence-corrected chi connectivity index (χ2v) is 20.3. The molecule has 5 fully saturated rings. The summed E-state index contributed by atoms with van der Waals surface area (Å²) in [7, 11) is 0. The van der Waals surface area contributed by atoms with Gasteiger partial charge in [-0.1, -0.05) is 74.5 Å². The first kappa shape index (κ1) is 39.6. The van der Waals surface area contributed by atoms with E-state index in [1.807, 2.05) is 27.7 Å². The number of carboxylic acid groups (broad SMARTS) is 2. The van der Waals surface area contributed by atoms with Gasteiger partial charge >= 0.3 is 23.9 Å². The summed E-state index contributed by atoms with van der Waals surface area (Å²) in [5.74, 6) is -0.542. The van der Waals surface area contributed by atoms with Gasteiger partial charge in [0.15, 0.2) is 0 Å². The predicted molar refractivity (Wildman–Crippen MR) is 198 cm³/mol. The lowest BCUT2D eigenvalue weighted by Crippen LogP contribution is -2.69. The van der Waals surface area contributed by atoms with Crippen LogP contribution in [-0.4, -0.2) is 51.8 Å². The first-order valence-electron chi connectivity index (χ1n) is 19.8. The fourth-order valence-electron chi connectivity index (χ4n) is 13.5. The molecule has 0 aromatic heterocycles. The highest BCUT2D eigenvalue weighted by Gasteiger charge is 2.71. The molecule has 2 amide bonds. The lowest BCUT2D eigenvalue weighted by atomic mass is 9.32. The predicted octanol–water partition coefficient (Wildman–Crippen LogP) is 8.61. The number of carboxylic acids is 2. The van der Waals surface area contributed by atoms with Gasteiger partial charge in [-0.3, -0.25) is 9.59 Å². The molecule has 4 N–H and O–H groups in total. The van der Waals surface area contributed by atoms with Crippen LogP contribution in [0.2, 0.25) is 0 Å². The number of aliphatic carboxylic acids is 2. The van der Waals surface area contributed by atoms with Crippen LogP contribution in [0.3, 0.4) is 0 Å². The van der Waals surface area contributed by atoms with Crippen LogP contribution in [0.25, 0.3) is 0 Å². The van der Waals surface area contributed by atoms with Crippen molar-refractivity contribution in [3.8, 4) is 0 Å². The zero-order valence-corrected chi connectivity index (χ0v) is 33.2. The zero-order chi connectivity index (χ0) is 38.1. The number of ether oxygens (including phenoxy) is 1. The Kier molecular flexibility index (Phi) is 10.4. The number of rotatable bonds is 10. The van der Waals surface area contributed by atoms with Gasteiger partial charge in [0.1, 0.15) is 12.1 Å². The Bertz CT molecular complexity index is 1420. The highest BCUT2D eigenvalue weighted by Crippen LogP contribution is 2.76. The summed E-state index contributed by atoms with van der Waals surface area (Å²) in [5, 5.41) is 25.4. The lowest BCUT2D eigenvalue weighted by molar-refractivity contribution is -0.246. The minimum atomic E-state index is -1.01. The summed E-state index contributed by atoms with van der Waals surface area (Å²) in [6.45, 7) is 26.1. The van der Waals surface area contributed by atoms with Gasteiger partial charge in [0.05, 0.1) is 12.8 Å². The molecule has 0 aromatic carbocycles. The molecule has 51 heavy (non-hydrogen) atoms. The molecular formula is C42H68N2O7. The summed E-state index contributed by atoms with van der Waals surface area (Å²) >= 11 is 0. The van der Waals surface area contributed by atoms with Gasteiger partial charge in [0.2, 0.25) is 0 Å². The van der Waals surface area contributed by atoms with E-state index in [-0.39, 0.29) is 70.0 Å². The van der Waals surface area contributed by atoms with Gasteiger partial charge in [-0.05, 0) is 128 Å². The second-order valence-electron chi connectivity index (χ2n) is 20.3. The van der Waals surface area contributed by atoms with Crippen molar-refractivity contribution in [3.63, 3.8) is 0 Å². The Balaban J connectivity index is 1.39. The van der Waals surface area contributed by atoms with Gasteiger partial charge in [0.25, 0.3) is 0 Å². The number of hydrogen-bond donors (Lipinski definition) is 4. The molecular weight excluding hydrogens is 644 g/mol. The number of fused-ring (bicyclic) bond motifs is 7. The summed E-state index contributed by atoms with van der Waals surface area (Å²) in [6.07, 6.45) is 9.83. The smallest absolute Gasteiger partial charge is 0.326 e. The third-order valence-electron chi connectivity index (χ3n) is 16.1. The zero-order valence-electron chi connectivity index (χ0n) is 33.2. The average Bonchev–Trinajstić information content (AvgIpc) is 3.36. The molecule has 11 atom stereocenters. The minimum absolute atomic E-state index is 0.0684. The number of nitrogens with one attached hydrogen (secondary N) is 2. The Morgan fingerprint density at radius 1 is 0.843 bits per heavy atom. The number of urea groups is 1. The Labute approximate surface area is 306 Å². The van der Waals surface area contributed by atoms with Crippen molar-refractivity contribution >= 4 is 23.9 Å². The van der Waals surface area contributed by atoms with E-state index in [4.69, 9.17) is 4.74 Å². The molecule has 2 unspecified atom stereocenters. The van der Waals surface area contributed by atoms with E-state index in [9.17, 15) is 29.4 Å². The molecule has 0 aromatic rings. The number of amides is 2. The van der Waals surface area contributed by atoms with Crippen LogP contribution < -0.4 is 10.6 Å². The third-order valence-corrected chi connectivity index (χ3v) is 16.1. The summed E-state index contributed by atoms with van der Waals surface area (Å²) in [5.41, 5.74) is 0.190. The highest BCUT2D eigenvalue weighted by atomic mass is 16.5. The molecule has 9 nitrogen and oxygen atoms in total. The number of carbonyl (C=O) groups excluding carboxylic acids is 2. The third kappa shape index (κ3) is 6.64. The number of hydrogen-bond acceptors (Lipinski definition) is 5. The molecule has 0 spiro atoms. The molecule has 0 saturated heterocycles. The highest BCUT2D eigenvalue weighted by molar-refractivity contribution is 5.83. The maximum Gasteiger partial charge on any atom is 0.326 e. The summed E-state index contributed by atoms with van der Waals surface area (Å²) in [4.78, 5) is 50.1. The topological polar surface area (TPSA) is 142 Å². The SMILES string of the molecule is C=C(C)[C@@H]1CC[C@]2(NC(=O)N[C@@H](C(=O)O)C(C)C)CC[C@]3(C)C(CC[C@@H]4C5(C)CC[C@H](OC(=O)CC(C)(C)CC(=O)O)C(C)(C)[C@@H]5CC[C@]43C)[C@@H]12. The molecule has 288 valence electrons. The standard InChI is InChI=1S/C42H68N2O7/c1-24(2)26-14-19-42(44-36(50)43-34(25(3)4)35(48)49)21-20-40(10)27(33(26)42)12-13-29-39(9)17-16-30(38(7,8)28(39)15-18-41(29,40)11)51-32(47)23-37(5,6)22-31(45)46/h25-30,33-34H,1,12-23H2,2-11H3,(H,45,46)(H,48,49)(H2,43,44,50)/t26-,27?,28-,29+,30-,33+,34+,39?,40+,41+,42-/m0/s1. The summed E-state index contributed by atoms with van der Waals surface area (Å²) < 4.78 is 6.25. The molecule has 0 aliphatic heterocycles. The maximum atomic E-state index is 13.6. The van der Waals surface area contributed by atoms with Crippen LogP contribution in [0.15, 0.2) is 12.2 Å². The van der Waals surface area contributed by atoms with Crippen LogP contribution >= 0.6 is 0 Å². The molecule has 5 rings (SSSR count). The molecule has 0 radical (unpaired) electrons. The average molecular weight is 713 g/mol. The fraction of sp³-hybridized carbons (Fsp3) is 0.857. The molecule has 9 heteroatoms. The van der Waals surface area contributed by atoms with Gasteiger partial charge in [-0.15, -0.1) is 0 Å². The van der Waals surface area contributed by atoms with Crippen LogP contribution in [0.4, 0.5) is 4.79 Å². The molecule has 5 aliphatic carbocycles. The van der Waals surface area contributed by atoms with E-state index in [1.165, 1.54) is 5.57 Å². The Morgan fingerprint density at radius 3 is 2.10 bits per heavy atom. The quantitative estimate of drug-likeness (QED) is 0.131. The van der Waals surface area contributed by atoms with Crippen molar-refractivity contribution in [2.75, 3.05) is 0 Å². The van der Waals surface area contributed by atoms with Gasteiger partial charge in [-0.2, -0.15) is 0 Å². The van der Waals surface area contributed by atoms with E-state index in [2.05, 4.69) is 58.8 Å². The molecule has 0 heterocycles. The second kappa shape index (κ2) is 13.4. The van der Waals surface area contributed by atoms with E-state index >= 15 is 0 Å². The number of carbonyl (C=O) groups is 4. The van der Waals surface area contributed by atoms with Crippen molar-refractivity contribution in [1.29, 1.82) is 0 Å². The van der Waals surface area contributed by atoms with Crippen molar-refractivity contribution < 1.29 is 34.1 Å². The minimum Gasteiger partial charge on any atom is -0.481 e. The Morgan fingerprint density at radius 2 is 1.51 bits per heavy atom. The van der Waals surface area contributed by atoms with E-state index < -0.39 is 23.4 Å². The van der Waals surface area contributed by atoms with Gasteiger partial charge in [0, 0.05) is 11.0 Å². The first-order valence-corrected chi connectivity index (χ1v) is 19.8. The van der Waals surface area contributed by atoms with Crippen LogP contribution in [0.1, 0.15) is 146 Å². The van der Waals surface area contributed by atoms with Crippen LogP contribution in [0, 0.1) is 62.6 Å². The normalized spacial score (nSPS) is 40.5. The largest absolute Gasteiger partial charge is 0.481 e. The molecule has 5 aliphatic rings. The monoisotopic (exact) mass is 713 g/mol. The van der Waals surface area contributed by atoms with Gasteiger partial charge < -0.3 is 25.6 Å². The maximum absolute atomic E-state index is 13.6. The Hall–Kier alpha value is -2.58. The lowest BCUT2D eigenvalue weighted by Gasteiger charge is -2.73. The van der Waals surface area contributed by atoms with Crippen LogP contribution in [0.5, 0.6) is 0 Å². The van der Waals surface area contributed by atoms with Gasteiger partial charge in [-0.25, -0.2) is 9.59 Å². The van der Waals surface area contributed by atoms with Crippen molar-refractivity contribution in [2.45, 2.75) is 164 Å². The van der Waals surface area contributed by atoms with Crippen molar-refractivity contribution in [1.82, 2.24) is 10.6 Å². The molecule has 5 saturated carbocycles. The molecule has 0 bridgehead atoms. The van der Waals surface area contributed by atoms with Crippen molar-refractivity contribution in [2.24, 2.45) is 62.6 Å². The van der Waals surface area contributed by atoms with E-state index in [0.29, 0.717) is 23.7 Å². The number of esters is 1.